The van der Waals surface area contributed by atoms with Crippen LogP contribution in [-0.2, 0) is 0 Å². The number of methoxy groups -OCH3 is 3. The Hall–Kier alpha value is -3.48. The second kappa shape index (κ2) is 7.60. The van der Waals surface area contributed by atoms with Gasteiger partial charge in [-0.1, -0.05) is 12.1 Å². The first-order valence-electron chi connectivity index (χ1n) is 7.87. The zero-order valence-corrected chi connectivity index (χ0v) is 14.7. The van der Waals surface area contributed by atoms with E-state index in [0.29, 0.717) is 17.2 Å². The maximum absolute atomic E-state index is 12.3. The highest BCUT2D eigenvalue weighted by Gasteiger charge is 2.12. The van der Waals surface area contributed by atoms with E-state index in [0.717, 1.165) is 22.2 Å². The van der Waals surface area contributed by atoms with E-state index in [4.69, 9.17) is 14.2 Å². The van der Waals surface area contributed by atoms with Crippen molar-refractivity contribution in [1.82, 2.24) is 10.4 Å². The van der Waals surface area contributed by atoms with E-state index >= 15 is 0 Å². The van der Waals surface area contributed by atoms with Crippen LogP contribution in [0.4, 0.5) is 0 Å². The zero-order chi connectivity index (χ0) is 18.5. The van der Waals surface area contributed by atoms with Crippen LogP contribution >= 0.6 is 0 Å². The van der Waals surface area contributed by atoms with Crippen LogP contribution in [0.1, 0.15) is 16.1 Å². The quantitative estimate of drug-likeness (QED) is 0.527. The van der Waals surface area contributed by atoms with Gasteiger partial charge in [-0.2, -0.15) is 5.10 Å². The smallest absolute Gasteiger partial charge is 0.287 e. The molecule has 0 saturated carbocycles. The molecular formula is C19H19N3O4. The number of aromatic amines is 1. The first-order valence-corrected chi connectivity index (χ1v) is 7.87. The van der Waals surface area contributed by atoms with Gasteiger partial charge in [0.15, 0.2) is 11.5 Å². The fraction of sp³-hybridized carbons (Fsp3) is 0.158. The Bertz CT molecular complexity index is 922. The number of amides is 1. The molecule has 0 unspecified atom stereocenters. The van der Waals surface area contributed by atoms with Crippen molar-refractivity contribution in [2.45, 2.75) is 0 Å². The maximum atomic E-state index is 12.3. The number of hydrogen-bond donors (Lipinski definition) is 2. The average Bonchev–Trinajstić information content (AvgIpc) is 3.09. The number of carbonyl (C=O) groups is 1. The second-order valence-electron chi connectivity index (χ2n) is 5.45. The number of nitrogens with zero attached hydrogens (tertiary/aromatic N) is 1. The molecule has 3 rings (SSSR count). The Morgan fingerprint density at radius 1 is 1.04 bits per heavy atom. The minimum absolute atomic E-state index is 0.349. The Morgan fingerprint density at radius 2 is 1.81 bits per heavy atom. The Balaban J connectivity index is 1.76. The molecule has 0 saturated heterocycles. The predicted molar refractivity (Wildman–Crippen MR) is 99.5 cm³/mol. The van der Waals surface area contributed by atoms with Gasteiger partial charge in [0, 0.05) is 17.0 Å². The summed E-state index contributed by atoms with van der Waals surface area (Å²) in [6.07, 6.45) is 1.55. The average molecular weight is 353 g/mol. The van der Waals surface area contributed by atoms with Crippen molar-refractivity contribution >= 4 is 23.0 Å². The lowest BCUT2D eigenvalue weighted by Crippen LogP contribution is -2.17. The lowest BCUT2D eigenvalue weighted by molar-refractivity contribution is 0.0951. The predicted octanol–water partition coefficient (Wildman–Crippen LogP) is 2.96. The van der Waals surface area contributed by atoms with Crippen molar-refractivity contribution in [2.24, 2.45) is 5.10 Å². The van der Waals surface area contributed by atoms with E-state index in [-0.39, 0.29) is 5.91 Å². The third kappa shape index (κ3) is 3.61. The maximum Gasteiger partial charge on any atom is 0.287 e. The molecular weight excluding hydrogens is 334 g/mol. The standard InChI is InChI=1S/C19H19N3O4/c1-24-14-6-4-5-12(7-14)11-20-22-19(23)16-8-13-9-17(25-2)18(26-3)10-15(13)21-16/h4-11,21H,1-3H3,(H,22,23). The Kier molecular flexibility index (Phi) is 5.07. The summed E-state index contributed by atoms with van der Waals surface area (Å²) in [7, 11) is 4.72. The fourth-order valence-electron chi connectivity index (χ4n) is 2.53. The number of aromatic nitrogens is 1. The molecule has 0 spiro atoms. The van der Waals surface area contributed by atoms with Crippen LogP contribution in [0, 0.1) is 0 Å². The van der Waals surface area contributed by atoms with Gasteiger partial charge in [-0.3, -0.25) is 4.79 Å². The molecule has 0 aliphatic rings. The van der Waals surface area contributed by atoms with Gasteiger partial charge in [-0.25, -0.2) is 5.43 Å². The van der Waals surface area contributed by atoms with Crippen LogP contribution in [0.5, 0.6) is 17.2 Å². The molecule has 0 bridgehead atoms. The molecule has 0 aliphatic carbocycles. The van der Waals surface area contributed by atoms with Crippen molar-refractivity contribution < 1.29 is 19.0 Å². The van der Waals surface area contributed by atoms with Crippen molar-refractivity contribution in [3.63, 3.8) is 0 Å². The summed E-state index contributed by atoms with van der Waals surface area (Å²) in [6.45, 7) is 0. The molecule has 7 heteroatoms. The van der Waals surface area contributed by atoms with E-state index in [2.05, 4.69) is 15.5 Å². The highest BCUT2D eigenvalue weighted by atomic mass is 16.5. The topological polar surface area (TPSA) is 84.9 Å². The van der Waals surface area contributed by atoms with Crippen molar-refractivity contribution in [3.05, 3.63) is 53.7 Å². The van der Waals surface area contributed by atoms with Crippen LogP contribution in [-0.4, -0.2) is 38.4 Å². The Morgan fingerprint density at radius 3 is 2.54 bits per heavy atom. The van der Waals surface area contributed by atoms with E-state index in [1.165, 1.54) is 0 Å². The number of ether oxygens (including phenoxy) is 3. The van der Waals surface area contributed by atoms with E-state index in [9.17, 15) is 4.79 Å². The molecule has 0 radical (unpaired) electrons. The zero-order valence-electron chi connectivity index (χ0n) is 14.7. The monoisotopic (exact) mass is 353 g/mol. The molecule has 1 aromatic heterocycles. The van der Waals surface area contributed by atoms with Gasteiger partial charge in [0.2, 0.25) is 0 Å². The molecule has 7 nitrogen and oxygen atoms in total. The van der Waals surface area contributed by atoms with Crippen molar-refractivity contribution in [3.8, 4) is 17.2 Å². The first-order chi connectivity index (χ1) is 12.6. The SMILES string of the molecule is COc1cccc(C=NNC(=O)c2cc3cc(OC)c(OC)cc3[nH]2)c1. The molecule has 2 aromatic carbocycles. The van der Waals surface area contributed by atoms with Crippen LogP contribution < -0.4 is 19.6 Å². The lowest BCUT2D eigenvalue weighted by Gasteiger charge is -2.06. The number of H-pyrrole nitrogens is 1. The van der Waals surface area contributed by atoms with Gasteiger partial charge in [0.25, 0.3) is 5.91 Å². The number of hydrazone groups is 1. The minimum Gasteiger partial charge on any atom is -0.497 e. The second-order valence-corrected chi connectivity index (χ2v) is 5.45. The summed E-state index contributed by atoms with van der Waals surface area (Å²) >= 11 is 0. The molecule has 0 atom stereocenters. The molecule has 134 valence electrons. The van der Waals surface area contributed by atoms with Gasteiger partial charge >= 0.3 is 0 Å². The third-order valence-electron chi connectivity index (χ3n) is 3.84. The third-order valence-corrected chi connectivity index (χ3v) is 3.84. The molecule has 2 N–H and O–H groups in total. The fourth-order valence-corrected chi connectivity index (χ4v) is 2.53. The number of fused-ring (bicyclic) bond motifs is 1. The number of benzene rings is 2. The van der Waals surface area contributed by atoms with Gasteiger partial charge in [-0.05, 0) is 29.8 Å². The first kappa shape index (κ1) is 17.3. The summed E-state index contributed by atoms with van der Waals surface area (Å²) in [5, 5.41) is 4.82. The molecule has 1 heterocycles. The van der Waals surface area contributed by atoms with Gasteiger partial charge in [-0.15, -0.1) is 0 Å². The number of rotatable bonds is 6. The highest BCUT2D eigenvalue weighted by molar-refractivity contribution is 5.99. The minimum atomic E-state index is -0.349. The number of nitrogens with one attached hydrogen (secondary N) is 2. The van der Waals surface area contributed by atoms with Crippen LogP contribution in [0.2, 0.25) is 0 Å². The number of carbonyl (C=O) groups excluding carboxylic acids is 1. The van der Waals surface area contributed by atoms with E-state index < -0.39 is 0 Å². The van der Waals surface area contributed by atoms with E-state index in [1.807, 2.05) is 24.3 Å². The molecule has 1 amide bonds. The van der Waals surface area contributed by atoms with Crippen LogP contribution in [0.15, 0.2) is 47.6 Å². The molecule has 0 aliphatic heterocycles. The van der Waals surface area contributed by atoms with Crippen LogP contribution in [0.3, 0.4) is 0 Å². The number of hydrogen-bond acceptors (Lipinski definition) is 5. The highest BCUT2D eigenvalue weighted by Crippen LogP contribution is 2.32. The summed E-state index contributed by atoms with van der Waals surface area (Å²) in [6, 6.07) is 12.7. The summed E-state index contributed by atoms with van der Waals surface area (Å²) in [5.74, 6) is 1.56. The molecule has 0 fully saturated rings. The van der Waals surface area contributed by atoms with Crippen molar-refractivity contribution in [1.29, 1.82) is 0 Å². The summed E-state index contributed by atoms with van der Waals surface area (Å²) in [4.78, 5) is 15.3. The molecule has 3 aromatic rings. The molecule has 26 heavy (non-hydrogen) atoms. The van der Waals surface area contributed by atoms with Crippen LogP contribution in [0.25, 0.3) is 10.9 Å². The van der Waals surface area contributed by atoms with Gasteiger partial charge in [0.05, 0.1) is 27.5 Å². The van der Waals surface area contributed by atoms with Crippen molar-refractivity contribution in [2.75, 3.05) is 21.3 Å². The lowest BCUT2D eigenvalue weighted by atomic mass is 10.2. The summed E-state index contributed by atoms with van der Waals surface area (Å²) < 4.78 is 15.7. The van der Waals surface area contributed by atoms with Gasteiger partial charge < -0.3 is 19.2 Å². The normalized spacial score (nSPS) is 10.9. The van der Waals surface area contributed by atoms with E-state index in [1.54, 1.807) is 45.7 Å². The summed E-state index contributed by atoms with van der Waals surface area (Å²) in [5.41, 5.74) is 4.47. The van der Waals surface area contributed by atoms with Gasteiger partial charge in [0.1, 0.15) is 11.4 Å². The largest absolute Gasteiger partial charge is 0.497 e. The Labute approximate surface area is 150 Å².